The van der Waals surface area contributed by atoms with E-state index in [0.29, 0.717) is 11.5 Å². The summed E-state index contributed by atoms with van der Waals surface area (Å²) in [5.41, 5.74) is -2.18. The van der Waals surface area contributed by atoms with E-state index in [0.717, 1.165) is 37.4 Å². The summed E-state index contributed by atoms with van der Waals surface area (Å²) < 4.78 is 40.1. The van der Waals surface area contributed by atoms with Gasteiger partial charge in [0.1, 0.15) is 33.9 Å². The molecule has 3 unspecified atom stereocenters. The zero-order valence-electron chi connectivity index (χ0n) is 30.2. The fraction of sp³-hybridized carbons (Fsp3) is 0.486. The number of ether oxygens (including phenoxy) is 2. The Balaban J connectivity index is 1.37. The lowest BCUT2D eigenvalue weighted by Crippen LogP contribution is -2.65. The van der Waals surface area contributed by atoms with E-state index >= 15 is 4.39 Å². The molecule has 2 bridgehead atoms. The molecule has 7 rings (SSSR count). The molecule has 2 amide bonds. The number of hydrogen-bond donors (Lipinski definition) is 4. The molecule has 3 saturated carbocycles. The van der Waals surface area contributed by atoms with Gasteiger partial charge in [-0.3, -0.25) is 19.4 Å². The lowest BCUT2D eigenvalue weighted by Gasteiger charge is -2.64. The number of aromatic nitrogens is 2. The SMILES string of the molecule is COc1c(CC(NC(=O)C(NC(=O)c2c[nH]ccc2=O)c2ncc(O)cc2F)B2OC3C[C@@H]4C[C@@H](C4(C)C)[C@]3(C)O2)cccc1C(=O)OC(C)(C)C. The summed E-state index contributed by atoms with van der Waals surface area (Å²) in [5.74, 6) is -4.14. The van der Waals surface area contributed by atoms with Crippen molar-refractivity contribution in [1.29, 1.82) is 0 Å². The molecule has 1 aromatic carbocycles. The fourth-order valence-electron chi connectivity index (χ4n) is 7.98. The predicted octanol–water partition coefficient (Wildman–Crippen LogP) is 4.04. The smallest absolute Gasteiger partial charge is 0.482 e. The number of nitrogens with one attached hydrogen (secondary N) is 3. The molecule has 0 spiro atoms. The van der Waals surface area contributed by atoms with Gasteiger partial charge in [0, 0.05) is 24.5 Å². The molecule has 1 aliphatic heterocycles. The third kappa shape index (κ3) is 6.91. The van der Waals surface area contributed by atoms with E-state index in [1.807, 2.05) is 6.92 Å². The summed E-state index contributed by atoms with van der Waals surface area (Å²) in [6.07, 6.45) is 4.94. The first-order valence-electron chi connectivity index (χ1n) is 17.3. The Morgan fingerprint density at radius 1 is 1.15 bits per heavy atom. The van der Waals surface area contributed by atoms with Gasteiger partial charge >= 0.3 is 13.1 Å². The van der Waals surface area contributed by atoms with E-state index < -0.39 is 70.8 Å². The van der Waals surface area contributed by atoms with Gasteiger partial charge in [-0.05, 0) is 75.8 Å². The second-order valence-corrected chi connectivity index (χ2v) is 15.5. The van der Waals surface area contributed by atoms with Crippen molar-refractivity contribution in [2.45, 2.75) is 90.1 Å². The first-order valence-corrected chi connectivity index (χ1v) is 17.3. The standard InChI is InChI=1S/C37H44BFN4O9/c1-35(2,3)50-34(48)22-10-8-9-19(31(22)49-7)13-28(38-51-27-15-20-14-26(36(20,4)5)37(27,6)52-38)42-33(47)30(29-24(39)16-21(44)17-41-29)43-32(46)23-18-40-12-11-25(23)45/h8-12,16-18,20,26-28,30,44H,13-15H2,1-7H3,(H,40,45)(H,42,47)(H,43,46)/t20-,26-,27?,28?,30?,37-/m0/s1. The number of carbonyl (C=O) groups excluding carboxylic acids is 3. The van der Waals surface area contributed by atoms with Crippen LogP contribution in [0.25, 0.3) is 0 Å². The summed E-state index contributed by atoms with van der Waals surface area (Å²) in [6.45, 7) is 11.7. The molecule has 3 aromatic rings. The third-order valence-corrected chi connectivity index (χ3v) is 10.7. The zero-order valence-corrected chi connectivity index (χ0v) is 30.2. The van der Waals surface area contributed by atoms with Crippen LogP contribution in [0.3, 0.4) is 0 Å². The van der Waals surface area contributed by atoms with Crippen LogP contribution in [0.5, 0.6) is 11.5 Å². The monoisotopic (exact) mass is 718 g/mol. The second kappa shape index (κ2) is 13.7. The van der Waals surface area contributed by atoms with Crippen molar-refractivity contribution in [3.05, 3.63) is 87.3 Å². The summed E-state index contributed by atoms with van der Waals surface area (Å²) in [4.78, 5) is 60.0. The van der Waals surface area contributed by atoms with Gasteiger partial charge < -0.3 is 39.5 Å². The molecule has 3 heterocycles. The topological polar surface area (TPSA) is 178 Å². The minimum atomic E-state index is -1.77. The summed E-state index contributed by atoms with van der Waals surface area (Å²) in [6, 6.07) is 5.11. The van der Waals surface area contributed by atoms with Crippen molar-refractivity contribution in [2.75, 3.05) is 7.11 Å². The number of halogens is 1. The van der Waals surface area contributed by atoms with Gasteiger partial charge in [-0.2, -0.15) is 0 Å². The number of aromatic hydroxyl groups is 1. The zero-order chi connectivity index (χ0) is 37.7. The van der Waals surface area contributed by atoms with Crippen molar-refractivity contribution >= 4 is 24.9 Å². The lowest BCUT2D eigenvalue weighted by atomic mass is 9.43. The van der Waals surface area contributed by atoms with Gasteiger partial charge in [-0.1, -0.05) is 26.0 Å². The molecule has 4 N–H and O–H groups in total. The van der Waals surface area contributed by atoms with Gasteiger partial charge in [0.15, 0.2) is 17.3 Å². The highest BCUT2D eigenvalue weighted by atomic mass is 19.1. The van der Waals surface area contributed by atoms with Crippen molar-refractivity contribution in [3.63, 3.8) is 0 Å². The molecule has 0 radical (unpaired) electrons. The highest BCUT2D eigenvalue weighted by Crippen LogP contribution is 2.65. The number of amides is 2. The number of benzene rings is 1. The number of nitrogens with zero attached hydrogens (tertiary/aromatic N) is 1. The van der Waals surface area contributed by atoms with Gasteiger partial charge in [0.05, 0.1) is 31.0 Å². The largest absolute Gasteiger partial charge is 0.506 e. The maximum Gasteiger partial charge on any atom is 0.482 e. The molecule has 2 aromatic heterocycles. The quantitative estimate of drug-likeness (QED) is 0.177. The van der Waals surface area contributed by atoms with Gasteiger partial charge in [0.25, 0.3) is 5.91 Å². The molecule has 3 aliphatic carbocycles. The highest BCUT2D eigenvalue weighted by Gasteiger charge is 2.68. The van der Waals surface area contributed by atoms with E-state index in [1.165, 1.54) is 13.3 Å². The maximum atomic E-state index is 15.4. The average molecular weight is 719 g/mol. The van der Waals surface area contributed by atoms with Crippen LogP contribution in [0, 0.1) is 23.1 Å². The minimum absolute atomic E-state index is 0.0149. The van der Waals surface area contributed by atoms with Crippen molar-refractivity contribution < 1.29 is 42.7 Å². The number of aromatic amines is 1. The van der Waals surface area contributed by atoms with Crippen LogP contribution in [0.1, 0.15) is 92.4 Å². The molecule has 13 nitrogen and oxygen atoms in total. The van der Waals surface area contributed by atoms with Crippen molar-refractivity contribution in [3.8, 4) is 11.5 Å². The third-order valence-electron chi connectivity index (χ3n) is 10.7. The maximum absolute atomic E-state index is 15.4. The number of methoxy groups -OCH3 is 1. The number of rotatable bonds is 10. The van der Waals surface area contributed by atoms with E-state index in [9.17, 15) is 24.3 Å². The van der Waals surface area contributed by atoms with Crippen molar-refractivity contribution in [2.24, 2.45) is 17.3 Å². The molecule has 4 fully saturated rings. The van der Waals surface area contributed by atoms with Crippen LogP contribution in [0.4, 0.5) is 4.39 Å². The number of hydrogen-bond acceptors (Lipinski definition) is 10. The predicted molar refractivity (Wildman–Crippen MR) is 187 cm³/mol. The Morgan fingerprint density at radius 2 is 1.90 bits per heavy atom. The minimum Gasteiger partial charge on any atom is -0.506 e. The number of para-hydroxylation sites is 1. The molecule has 276 valence electrons. The van der Waals surface area contributed by atoms with Crippen LogP contribution in [0.15, 0.2) is 53.7 Å². The molecule has 15 heteroatoms. The van der Waals surface area contributed by atoms with Crippen LogP contribution >= 0.6 is 0 Å². The molecule has 52 heavy (non-hydrogen) atoms. The van der Waals surface area contributed by atoms with E-state index in [2.05, 4.69) is 34.4 Å². The Labute approximate surface area is 301 Å². The Bertz CT molecular complexity index is 1950. The first-order chi connectivity index (χ1) is 24.4. The average Bonchev–Trinajstić information content (AvgIpc) is 3.43. The normalized spacial score (nSPS) is 24.2. The van der Waals surface area contributed by atoms with Crippen LogP contribution < -0.4 is 20.8 Å². The molecule has 6 atom stereocenters. The lowest BCUT2D eigenvalue weighted by molar-refractivity contribution is -0.199. The summed E-state index contributed by atoms with van der Waals surface area (Å²) >= 11 is 0. The molecule has 4 aliphatic rings. The van der Waals surface area contributed by atoms with Crippen LogP contribution in [-0.4, -0.2) is 70.3 Å². The van der Waals surface area contributed by atoms with E-state index in [-0.39, 0.29) is 40.7 Å². The van der Waals surface area contributed by atoms with E-state index in [4.69, 9.17) is 18.8 Å². The Kier molecular flexibility index (Phi) is 9.72. The number of esters is 1. The van der Waals surface area contributed by atoms with Crippen molar-refractivity contribution in [1.82, 2.24) is 20.6 Å². The number of carbonyl (C=O) groups is 3. The molecular formula is C37H44BFN4O9. The molecular weight excluding hydrogens is 674 g/mol. The van der Waals surface area contributed by atoms with Gasteiger partial charge in [0.2, 0.25) is 5.91 Å². The Hall–Kier alpha value is -4.76. The summed E-state index contributed by atoms with van der Waals surface area (Å²) in [5, 5.41) is 15.2. The second-order valence-electron chi connectivity index (χ2n) is 15.5. The highest BCUT2D eigenvalue weighted by molar-refractivity contribution is 6.48. The number of H-pyrrole nitrogens is 1. The molecule has 1 saturated heterocycles. The first kappa shape index (κ1) is 37.0. The fourth-order valence-corrected chi connectivity index (χ4v) is 7.98. The van der Waals surface area contributed by atoms with Gasteiger partial charge in [-0.25, -0.2) is 9.18 Å². The van der Waals surface area contributed by atoms with Crippen LogP contribution in [-0.2, 0) is 25.3 Å². The van der Waals surface area contributed by atoms with E-state index in [1.54, 1.807) is 39.0 Å². The van der Waals surface area contributed by atoms with Crippen LogP contribution in [0.2, 0.25) is 0 Å². The summed E-state index contributed by atoms with van der Waals surface area (Å²) in [7, 11) is 0.416. The van der Waals surface area contributed by atoms with Gasteiger partial charge in [-0.15, -0.1) is 0 Å². The Morgan fingerprint density at radius 3 is 2.56 bits per heavy atom. The number of pyridine rings is 2.